The third-order valence-electron chi connectivity index (χ3n) is 5.38. The van der Waals surface area contributed by atoms with Gasteiger partial charge in [-0.2, -0.15) is 0 Å². The summed E-state index contributed by atoms with van der Waals surface area (Å²) in [6, 6.07) is 25.5. The second-order valence-corrected chi connectivity index (χ2v) is 8.26. The van der Waals surface area contributed by atoms with Crippen molar-refractivity contribution in [3.63, 3.8) is 0 Å². The number of rotatable bonds is 13. The monoisotopic (exact) mass is 462 g/mol. The standard InChI is InChI=1S/C28H34N2O4/c1-3-29-28(32)20-34-25-13-9-22(10-14-25)17-21(2)30-18-27(31)24-11-15-26(16-12-24)33-19-23-7-5-4-6-8-23/h4-16,21,27,30-31H,3,17-20H2,1-2H3,(H,29,32)/t21-,27+/m1/s1. The normalized spacial score (nSPS) is 12.6. The number of hydrogen-bond acceptors (Lipinski definition) is 5. The predicted octanol–water partition coefficient (Wildman–Crippen LogP) is 4.03. The Kier molecular flexibility index (Phi) is 9.95. The van der Waals surface area contributed by atoms with Crippen LogP contribution in [0.4, 0.5) is 0 Å². The maximum absolute atomic E-state index is 11.5. The number of likely N-dealkylation sites (N-methyl/N-ethyl adjacent to an activating group) is 1. The molecular formula is C28H34N2O4. The maximum atomic E-state index is 11.5. The first kappa shape index (κ1) is 25.3. The van der Waals surface area contributed by atoms with Crippen molar-refractivity contribution >= 4 is 5.91 Å². The quantitative estimate of drug-likeness (QED) is 0.357. The van der Waals surface area contributed by atoms with Crippen molar-refractivity contribution in [1.29, 1.82) is 0 Å². The van der Waals surface area contributed by atoms with Gasteiger partial charge in [-0.05, 0) is 61.2 Å². The van der Waals surface area contributed by atoms with Crippen molar-refractivity contribution in [2.45, 2.75) is 39.0 Å². The van der Waals surface area contributed by atoms with Crippen molar-refractivity contribution in [2.75, 3.05) is 19.7 Å². The molecule has 0 bridgehead atoms. The van der Waals surface area contributed by atoms with E-state index in [9.17, 15) is 9.90 Å². The smallest absolute Gasteiger partial charge is 0.257 e. The number of hydrogen-bond donors (Lipinski definition) is 3. The number of carbonyl (C=O) groups is 1. The zero-order chi connectivity index (χ0) is 24.2. The molecule has 3 N–H and O–H groups in total. The highest BCUT2D eigenvalue weighted by molar-refractivity contribution is 5.77. The molecule has 6 nitrogen and oxygen atoms in total. The van der Waals surface area contributed by atoms with Gasteiger partial charge in [-0.3, -0.25) is 4.79 Å². The average molecular weight is 463 g/mol. The van der Waals surface area contributed by atoms with Crippen LogP contribution in [0.15, 0.2) is 78.9 Å². The number of ether oxygens (including phenoxy) is 2. The molecule has 0 fully saturated rings. The van der Waals surface area contributed by atoms with Crippen molar-refractivity contribution in [1.82, 2.24) is 10.6 Å². The van der Waals surface area contributed by atoms with Crippen LogP contribution in [0, 0.1) is 0 Å². The first-order valence-corrected chi connectivity index (χ1v) is 11.7. The highest BCUT2D eigenvalue weighted by atomic mass is 16.5. The minimum absolute atomic E-state index is 0.0170. The lowest BCUT2D eigenvalue weighted by atomic mass is 10.1. The Bertz CT molecular complexity index is 991. The largest absolute Gasteiger partial charge is 0.489 e. The molecule has 0 aliphatic rings. The molecule has 0 aliphatic heterocycles. The predicted molar refractivity (Wildman–Crippen MR) is 134 cm³/mol. The summed E-state index contributed by atoms with van der Waals surface area (Å²) in [4.78, 5) is 11.5. The topological polar surface area (TPSA) is 79.8 Å². The van der Waals surface area contributed by atoms with Gasteiger partial charge in [0.25, 0.3) is 5.91 Å². The van der Waals surface area contributed by atoms with Crippen LogP contribution in [0.25, 0.3) is 0 Å². The summed E-state index contributed by atoms with van der Waals surface area (Å²) in [5, 5.41) is 16.7. The number of carbonyl (C=O) groups excluding carboxylic acids is 1. The summed E-state index contributed by atoms with van der Waals surface area (Å²) < 4.78 is 11.3. The van der Waals surface area contributed by atoms with Crippen molar-refractivity contribution in [3.8, 4) is 11.5 Å². The van der Waals surface area contributed by atoms with Gasteiger partial charge >= 0.3 is 0 Å². The van der Waals surface area contributed by atoms with Crippen LogP contribution < -0.4 is 20.1 Å². The van der Waals surface area contributed by atoms with Gasteiger partial charge in [0.05, 0.1) is 6.10 Å². The summed E-state index contributed by atoms with van der Waals surface area (Å²) in [7, 11) is 0. The van der Waals surface area contributed by atoms with Crippen LogP contribution in [0.2, 0.25) is 0 Å². The molecule has 3 aromatic rings. The van der Waals surface area contributed by atoms with Gasteiger partial charge in [0.1, 0.15) is 18.1 Å². The van der Waals surface area contributed by atoms with Gasteiger partial charge in [-0.1, -0.05) is 54.6 Å². The maximum Gasteiger partial charge on any atom is 0.257 e. The van der Waals surface area contributed by atoms with Crippen molar-refractivity contribution in [2.24, 2.45) is 0 Å². The number of amides is 1. The lowest BCUT2D eigenvalue weighted by Gasteiger charge is -2.18. The number of aliphatic hydroxyl groups excluding tert-OH is 1. The van der Waals surface area contributed by atoms with E-state index in [0.29, 0.717) is 25.4 Å². The van der Waals surface area contributed by atoms with Crippen LogP contribution in [0.5, 0.6) is 11.5 Å². The molecule has 3 aromatic carbocycles. The second kappa shape index (κ2) is 13.4. The molecule has 0 unspecified atom stereocenters. The van der Waals surface area contributed by atoms with E-state index in [4.69, 9.17) is 9.47 Å². The lowest BCUT2D eigenvalue weighted by Crippen LogP contribution is -2.32. The molecule has 34 heavy (non-hydrogen) atoms. The van der Waals surface area contributed by atoms with Crippen LogP contribution >= 0.6 is 0 Å². The zero-order valence-corrected chi connectivity index (χ0v) is 19.9. The summed E-state index contributed by atoms with van der Waals surface area (Å²) >= 11 is 0. The first-order chi connectivity index (χ1) is 16.5. The van der Waals surface area contributed by atoms with Gasteiger partial charge in [0.15, 0.2) is 6.61 Å². The van der Waals surface area contributed by atoms with Gasteiger partial charge in [0, 0.05) is 19.1 Å². The minimum Gasteiger partial charge on any atom is -0.489 e. The Morgan fingerprint density at radius 3 is 2.21 bits per heavy atom. The number of nitrogens with one attached hydrogen (secondary N) is 2. The van der Waals surface area contributed by atoms with E-state index in [2.05, 4.69) is 17.6 Å². The molecule has 0 aliphatic carbocycles. The Balaban J connectivity index is 1.39. The Morgan fingerprint density at radius 1 is 0.882 bits per heavy atom. The minimum atomic E-state index is -0.601. The van der Waals surface area contributed by atoms with Crippen molar-refractivity contribution in [3.05, 3.63) is 95.6 Å². The molecule has 0 aromatic heterocycles. The van der Waals surface area contributed by atoms with E-state index in [0.717, 1.165) is 28.9 Å². The first-order valence-electron chi connectivity index (χ1n) is 11.7. The molecule has 3 rings (SSSR count). The summed E-state index contributed by atoms with van der Waals surface area (Å²) in [6.07, 6.45) is 0.214. The van der Waals surface area contributed by atoms with E-state index in [1.54, 1.807) is 0 Å². The fourth-order valence-electron chi connectivity index (χ4n) is 3.50. The molecule has 180 valence electrons. The van der Waals surface area contributed by atoms with Gasteiger partial charge in [0.2, 0.25) is 0 Å². The Hall–Kier alpha value is -3.35. The molecule has 1 amide bonds. The molecular weight excluding hydrogens is 428 g/mol. The average Bonchev–Trinajstić information content (AvgIpc) is 2.87. The summed E-state index contributed by atoms with van der Waals surface area (Å²) in [5.41, 5.74) is 3.12. The van der Waals surface area contributed by atoms with E-state index >= 15 is 0 Å². The number of benzene rings is 3. The van der Waals surface area contributed by atoms with Crippen LogP contribution in [-0.2, 0) is 17.8 Å². The SMILES string of the molecule is CCNC(=O)COc1ccc(C[C@@H](C)NC[C@H](O)c2ccc(OCc3ccccc3)cc2)cc1. The highest BCUT2D eigenvalue weighted by Crippen LogP contribution is 2.19. The second-order valence-electron chi connectivity index (χ2n) is 8.26. The molecule has 6 heteroatoms. The third kappa shape index (κ3) is 8.54. The molecule has 0 heterocycles. The molecule has 0 radical (unpaired) electrons. The van der Waals surface area contributed by atoms with E-state index in [1.165, 1.54) is 0 Å². The van der Waals surface area contributed by atoms with E-state index in [-0.39, 0.29) is 18.6 Å². The van der Waals surface area contributed by atoms with E-state index < -0.39 is 6.10 Å². The highest BCUT2D eigenvalue weighted by Gasteiger charge is 2.11. The van der Waals surface area contributed by atoms with Gasteiger partial charge < -0.3 is 25.2 Å². The summed E-state index contributed by atoms with van der Waals surface area (Å²) in [5.74, 6) is 1.32. The number of aliphatic hydroxyl groups is 1. The summed E-state index contributed by atoms with van der Waals surface area (Å²) in [6.45, 7) is 5.55. The zero-order valence-electron chi connectivity index (χ0n) is 19.9. The van der Waals surface area contributed by atoms with Crippen LogP contribution in [0.3, 0.4) is 0 Å². The van der Waals surface area contributed by atoms with Crippen LogP contribution in [0.1, 0.15) is 36.6 Å². The van der Waals surface area contributed by atoms with E-state index in [1.807, 2.05) is 85.8 Å². The third-order valence-corrected chi connectivity index (χ3v) is 5.38. The van der Waals surface area contributed by atoms with Gasteiger partial charge in [-0.25, -0.2) is 0 Å². The fourth-order valence-corrected chi connectivity index (χ4v) is 3.50. The molecule has 0 saturated heterocycles. The molecule has 0 saturated carbocycles. The molecule has 2 atom stereocenters. The Labute approximate surface area is 201 Å². The fraction of sp³-hybridized carbons (Fsp3) is 0.321. The van der Waals surface area contributed by atoms with Gasteiger partial charge in [-0.15, -0.1) is 0 Å². The lowest BCUT2D eigenvalue weighted by molar-refractivity contribution is -0.122. The Morgan fingerprint density at radius 2 is 1.53 bits per heavy atom. The molecule has 0 spiro atoms. The van der Waals surface area contributed by atoms with Crippen molar-refractivity contribution < 1.29 is 19.4 Å². The van der Waals surface area contributed by atoms with Crippen LogP contribution in [-0.4, -0.2) is 36.8 Å².